The van der Waals surface area contributed by atoms with Gasteiger partial charge in [0.2, 0.25) is 11.8 Å². The van der Waals surface area contributed by atoms with Gasteiger partial charge >= 0.3 is 0 Å². The monoisotopic (exact) mass is 1010 g/mol. The summed E-state index contributed by atoms with van der Waals surface area (Å²) < 4.78 is 13.7. The van der Waals surface area contributed by atoms with E-state index in [1.165, 1.54) is 6.08 Å². The Morgan fingerprint density at radius 2 is 1.62 bits per heavy atom. The fraction of sp³-hybridized carbons (Fsp3) is 0.569. The SMILES string of the molecule is C=CC(=O)N1CCCC1.CC.CCn1c(-c2cc(N3CCNCC3)cnc2C(C)OC)c(CC(C)(C)COC=O)c2cc(-c3cccc(CC(NC(=O)C(NC)C(C)C(C)C)C(=O)N4CCCCN4)c3)ccc21. The molecule has 15 nitrogen and oxygen atoms in total. The normalized spacial score (nSPS) is 16.6. The number of likely N-dealkylation sites (N-methyl/N-ethyl adjacent to an activating group) is 1. The number of fused-ring (bicyclic) bond motifs is 1. The van der Waals surface area contributed by atoms with Crippen LogP contribution in [0, 0.1) is 17.3 Å². The van der Waals surface area contributed by atoms with E-state index in [1.54, 1.807) is 19.2 Å². The van der Waals surface area contributed by atoms with Gasteiger partial charge in [-0.15, -0.1) is 0 Å². The first-order chi connectivity index (χ1) is 35.1. The number of piperazine rings is 1. The lowest BCUT2D eigenvalue weighted by Gasteiger charge is -2.33. The highest BCUT2D eigenvalue weighted by Gasteiger charge is 2.33. The predicted molar refractivity (Wildman–Crippen MR) is 295 cm³/mol. The third kappa shape index (κ3) is 15.0. The number of hydrogen-bond acceptors (Lipinski definition) is 11. The van der Waals surface area contributed by atoms with Crippen LogP contribution in [0.2, 0.25) is 0 Å². The van der Waals surface area contributed by atoms with Gasteiger partial charge in [-0.2, -0.15) is 0 Å². The van der Waals surface area contributed by atoms with Crippen LogP contribution >= 0.6 is 0 Å². The van der Waals surface area contributed by atoms with E-state index in [-0.39, 0.29) is 47.7 Å². The summed E-state index contributed by atoms with van der Waals surface area (Å²) in [5, 5.41) is 12.6. The summed E-state index contributed by atoms with van der Waals surface area (Å²) in [6.07, 6.45) is 8.30. The molecule has 0 bridgehead atoms. The summed E-state index contributed by atoms with van der Waals surface area (Å²) in [7, 11) is 3.52. The van der Waals surface area contributed by atoms with Crippen molar-refractivity contribution in [2.24, 2.45) is 17.3 Å². The summed E-state index contributed by atoms with van der Waals surface area (Å²) in [6.45, 7) is 30.5. The Labute approximate surface area is 436 Å². The van der Waals surface area contributed by atoms with E-state index in [0.29, 0.717) is 25.9 Å². The van der Waals surface area contributed by atoms with Crippen LogP contribution < -0.4 is 26.3 Å². The quantitative estimate of drug-likeness (QED) is 0.0500. The summed E-state index contributed by atoms with van der Waals surface area (Å²) in [6, 6.07) is 16.1. The molecule has 2 aromatic heterocycles. The zero-order valence-electron chi connectivity index (χ0n) is 45.9. The van der Waals surface area contributed by atoms with Crippen LogP contribution in [0.1, 0.15) is 111 Å². The van der Waals surface area contributed by atoms with Gasteiger partial charge in [-0.05, 0) is 111 Å². The minimum absolute atomic E-state index is 0.0700. The molecule has 3 fully saturated rings. The van der Waals surface area contributed by atoms with Crippen molar-refractivity contribution >= 4 is 40.8 Å². The molecule has 7 rings (SSSR count). The highest BCUT2D eigenvalue weighted by atomic mass is 16.5. The number of aryl methyl sites for hydroxylation is 1. The lowest BCUT2D eigenvalue weighted by atomic mass is 9.84. The fourth-order valence-electron chi connectivity index (χ4n) is 10.1. The summed E-state index contributed by atoms with van der Waals surface area (Å²) in [5.74, 6) is 0.122. The van der Waals surface area contributed by atoms with Crippen LogP contribution in [0.25, 0.3) is 33.3 Å². The average Bonchev–Trinajstić information content (AvgIpc) is 4.07. The molecule has 3 amide bonds. The smallest absolute Gasteiger partial charge is 0.293 e. The third-order valence-corrected chi connectivity index (χ3v) is 14.5. The zero-order valence-corrected chi connectivity index (χ0v) is 45.9. The van der Waals surface area contributed by atoms with E-state index in [4.69, 9.17) is 14.5 Å². The van der Waals surface area contributed by atoms with E-state index in [2.05, 4.69) is 115 Å². The van der Waals surface area contributed by atoms with Gasteiger partial charge in [0.05, 0.1) is 42.0 Å². The van der Waals surface area contributed by atoms with Crippen LogP contribution in [0.15, 0.2) is 67.4 Å². The van der Waals surface area contributed by atoms with Gasteiger partial charge in [0.15, 0.2) is 0 Å². The maximum Gasteiger partial charge on any atom is 0.293 e. The maximum absolute atomic E-state index is 14.1. The van der Waals surface area contributed by atoms with Crippen molar-refractivity contribution in [1.82, 2.24) is 40.8 Å². The van der Waals surface area contributed by atoms with Crippen LogP contribution in [0.5, 0.6) is 0 Å². The molecule has 0 aliphatic carbocycles. The second-order valence-corrected chi connectivity index (χ2v) is 20.5. The number of aromatic nitrogens is 2. The van der Waals surface area contributed by atoms with E-state index in [9.17, 15) is 19.2 Å². The van der Waals surface area contributed by atoms with Crippen molar-refractivity contribution in [3.8, 4) is 22.4 Å². The molecule has 0 spiro atoms. The molecule has 400 valence electrons. The highest BCUT2D eigenvalue weighted by Crippen LogP contribution is 2.43. The number of pyridine rings is 1. The van der Waals surface area contributed by atoms with Crippen LogP contribution in [-0.4, -0.2) is 129 Å². The first kappa shape index (κ1) is 58.3. The van der Waals surface area contributed by atoms with Gasteiger partial charge < -0.3 is 39.8 Å². The van der Waals surface area contributed by atoms with Gasteiger partial charge in [0.1, 0.15) is 6.04 Å². The largest absolute Gasteiger partial charge is 0.467 e. The molecule has 3 aliphatic heterocycles. The average molecular weight is 1010 g/mol. The number of amides is 3. The Bertz CT molecular complexity index is 2430. The molecule has 4 atom stereocenters. The van der Waals surface area contributed by atoms with E-state index < -0.39 is 12.1 Å². The van der Waals surface area contributed by atoms with Crippen LogP contribution in [-0.2, 0) is 48.0 Å². The number of nitrogens with zero attached hydrogens (tertiary/aromatic N) is 5. The minimum atomic E-state index is -0.751. The number of carbonyl (C=O) groups excluding carboxylic acids is 4. The minimum Gasteiger partial charge on any atom is -0.467 e. The van der Waals surface area contributed by atoms with Crippen molar-refractivity contribution < 1.29 is 28.7 Å². The Hall–Kier alpha value is -5.61. The van der Waals surface area contributed by atoms with Gasteiger partial charge in [-0.3, -0.25) is 29.2 Å². The number of nitrogens with one attached hydrogen (secondary N) is 4. The molecule has 0 radical (unpaired) electrons. The molecular weight excluding hydrogens is 919 g/mol. The van der Waals surface area contributed by atoms with Crippen molar-refractivity contribution in [2.45, 2.75) is 126 Å². The van der Waals surface area contributed by atoms with Gasteiger partial charge in [-0.25, -0.2) is 5.43 Å². The summed E-state index contributed by atoms with van der Waals surface area (Å²) in [4.78, 5) is 59.5. The van der Waals surface area contributed by atoms with Crippen LogP contribution in [0.4, 0.5) is 5.69 Å². The Morgan fingerprint density at radius 1 is 0.918 bits per heavy atom. The third-order valence-electron chi connectivity index (χ3n) is 14.5. The van der Waals surface area contributed by atoms with Crippen molar-refractivity contribution in [3.05, 3.63) is 84.2 Å². The Morgan fingerprint density at radius 3 is 2.23 bits per heavy atom. The standard InChI is InChI=1S/C49H70N8O5.C7H11NO.C2H6/c1-10-56-43-17-16-37(36-15-13-14-35(24-36)25-42(48(60)57-21-12-11-18-53-57)54-47(59)44(50-8)33(4)32(2)3)26-39(43)41(28-49(6,7)30-62-31-58)46(56)40-27-38(55-22-19-51-20-23-55)29-52-45(40)34(5)61-9;1-2-7(9)8-5-3-4-6-8;1-2/h13-17,24,26-27,29,31-34,42,44,50-51,53H,10-12,18-23,25,28,30H2,1-9H3,(H,54,59);2H,1,3-6H2;1-2H3. The molecule has 2 aromatic carbocycles. The van der Waals surface area contributed by atoms with Crippen molar-refractivity contribution in [1.29, 1.82) is 0 Å². The maximum atomic E-state index is 14.1. The van der Waals surface area contributed by atoms with Crippen molar-refractivity contribution in [2.75, 3.05) is 78.0 Å². The first-order valence-corrected chi connectivity index (χ1v) is 26.9. The Balaban J connectivity index is 0.000000802. The van der Waals surface area contributed by atoms with E-state index >= 15 is 0 Å². The molecule has 73 heavy (non-hydrogen) atoms. The van der Waals surface area contributed by atoms with Gasteiger partial charge in [-0.1, -0.05) is 85.4 Å². The molecule has 3 saturated heterocycles. The number of methoxy groups -OCH3 is 1. The predicted octanol–water partition coefficient (Wildman–Crippen LogP) is 8.10. The molecule has 0 saturated carbocycles. The lowest BCUT2D eigenvalue weighted by molar-refractivity contribution is -0.140. The number of hydrogen-bond donors (Lipinski definition) is 4. The number of anilines is 1. The van der Waals surface area contributed by atoms with Gasteiger partial charge in [0.25, 0.3) is 12.4 Å². The van der Waals surface area contributed by atoms with Gasteiger partial charge in [0, 0.05) is 94.3 Å². The number of likely N-dealkylation sites (tertiary alicyclic amines) is 1. The number of benzene rings is 2. The Kier molecular flexibility index (Phi) is 22.5. The molecule has 4 aromatic rings. The summed E-state index contributed by atoms with van der Waals surface area (Å²) >= 11 is 0. The second-order valence-electron chi connectivity index (χ2n) is 20.5. The fourth-order valence-corrected chi connectivity index (χ4v) is 10.1. The topological polar surface area (TPSA) is 162 Å². The first-order valence-electron chi connectivity index (χ1n) is 26.9. The molecule has 15 heteroatoms. The number of carbonyl (C=O) groups is 4. The molecular formula is C58H87N9O6. The molecule has 3 aliphatic rings. The zero-order chi connectivity index (χ0) is 53.2. The van der Waals surface area contributed by atoms with Crippen molar-refractivity contribution in [3.63, 3.8) is 0 Å². The van der Waals surface area contributed by atoms with Crippen LogP contribution in [0.3, 0.4) is 0 Å². The second kappa shape index (κ2) is 28.2. The highest BCUT2D eigenvalue weighted by molar-refractivity contribution is 5.96. The number of rotatable bonds is 20. The van der Waals surface area contributed by atoms with E-state index in [0.717, 1.165) is 134 Å². The van der Waals surface area contributed by atoms with E-state index in [1.807, 2.05) is 44.0 Å². The number of ether oxygens (including phenoxy) is 2. The number of hydrazine groups is 1. The molecule has 4 N–H and O–H groups in total. The lowest BCUT2D eigenvalue weighted by Crippen LogP contribution is -2.59. The molecule has 4 unspecified atom stereocenters. The summed E-state index contributed by atoms with van der Waals surface area (Å²) in [5.41, 5.74) is 12.2. The molecule has 5 heterocycles.